The minimum Gasteiger partial charge on any atom is -0.439 e. The second kappa shape index (κ2) is 6.33. The first-order valence-corrected chi connectivity index (χ1v) is 7.59. The normalized spacial score (nSPS) is 12.1. The third-order valence-corrected chi connectivity index (χ3v) is 3.86. The van der Waals surface area contributed by atoms with Crippen molar-refractivity contribution >= 4 is 28.6 Å². The zero-order chi connectivity index (χ0) is 17.3. The first-order valence-electron chi connectivity index (χ1n) is 7.21. The Hall–Kier alpha value is -2.86. The predicted octanol–water partition coefficient (Wildman–Crippen LogP) is 3.20. The summed E-state index contributed by atoms with van der Waals surface area (Å²) in [5.41, 5.74) is 5.77. The number of benzene rings is 2. The molecule has 0 spiro atoms. The van der Waals surface area contributed by atoms with E-state index in [9.17, 15) is 9.59 Å². The van der Waals surface area contributed by atoms with E-state index in [-0.39, 0.29) is 11.4 Å². The lowest BCUT2D eigenvalue weighted by Crippen LogP contribution is -2.27. The van der Waals surface area contributed by atoms with Gasteiger partial charge in [0.1, 0.15) is 0 Å². The van der Waals surface area contributed by atoms with Gasteiger partial charge in [0.05, 0.1) is 21.6 Å². The first-order chi connectivity index (χ1) is 11.5. The molecule has 0 aliphatic carbocycles. The maximum Gasteiger partial charge on any atom is 0.405 e. The number of carbonyl (C=O) groups is 1. The molecule has 2 aromatic carbocycles. The van der Waals surface area contributed by atoms with Crippen LogP contribution in [0.15, 0.2) is 53.3 Å². The van der Waals surface area contributed by atoms with E-state index in [1.54, 1.807) is 49.4 Å². The average Bonchev–Trinajstić information content (AvgIpc) is 2.54. The molecule has 0 radical (unpaired) electrons. The molecule has 1 atom stereocenters. The monoisotopic (exact) mass is 343 g/mol. The van der Waals surface area contributed by atoms with Gasteiger partial charge in [-0.05, 0) is 31.2 Å². The van der Waals surface area contributed by atoms with Gasteiger partial charge in [-0.2, -0.15) is 0 Å². The van der Waals surface area contributed by atoms with E-state index in [4.69, 9.17) is 22.1 Å². The number of carbonyl (C=O) groups excluding carboxylic acids is 1. The summed E-state index contributed by atoms with van der Waals surface area (Å²) in [5, 5.41) is 0.614. The second-order valence-corrected chi connectivity index (χ2v) is 5.57. The van der Waals surface area contributed by atoms with E-state index in [1.165, 1.54) is 4.57 Å². The lowest BCUT2D eigenvalue weighted by Gasteiger charge is -2.18. The lowest BCUT2D eigenvalue weighted by atomic mass is 10.2. The van der Waals surface area contributed by atoms with Crippen LogP contribution in [-0.2, 0) is 4.74 Å². The molecule has 0 aliphatic heterocycles. The molecule has 0 aliphatic rings. The second-order valence-electron chi connectivity index (χ2n) is 5.16. The standard InChI is InChI=1S/C17H14ClN3O3/c1-10(24-17(19)23)15-20-13-9-5-8-12(18)14(13)16(22)21(15)11-6-3-2-4-7-11/h2-10H,1H3,(H2,19,23)/t10-/m0/s1. The Morgan fingerprint density at radius 3 is 2.58 bits per heavy atom. The molecule has 0 saturated carbocycles. The molecule has 122 valence electrons. The van der Waals surface area contributed by atoms with Crippen LogP contribution in [0.2, 0.25) is 5.02 Å². The summed E-state index contributed by atoms with van der Waals surface area (Å²) in [6.45, 7) is 1.60. The summed E-state index contributed by atoms with van der Waals surface area (Å²) in [6.07, 6.45) is -1.75. The van der Waals surface area contributed by atoms with Gasteiger partial charge in [0, 0.05) is 0 Å². The Balaban J connectivity index is 2.37. The molecule has 7 heteroatoms. The SMILES string of the molecule is C[C@H](OC(N)=O)c1nc2cccc(Cl)c2c(=O)n1-c1ccccc1. The van der Waals surface area contributed by atoms with Crippen molar-refractivity contribution < 1.29 is 9.53 Å². The summed E-state index contributed by atoms with van der Waals surface area (Å²) in [5.74, 6) is 0.264. The van der Waals surface area contributed by atoms with Crippen molar-refractivity contribution in [2.45, 2.75) is 13.0 Å². The number of amides is 1. The van der Waals surface area contributed by atoms with Crippen LogP contribution in [0.4, 0.5) is 4.79 Å². The van der Waals surface area contributed by atoms with Gasteiger partial charge in [0.15, 0.2) is 11.9 Å². The quantitative estimate of drug-likeness (QED) is 0.791. The molecule has 1 amide bonds. The third kappa shape index (κ3) is 2.83. The molecular weight excluding hydrogens is 330 g/mol. The maximum absolute atomic E-state index is 13.0. The number of fused-ring (bicyclic) bond motifs is 1. The highest BCUT2D eigenvalue weighted by Gasteiger charge is 2.21. The molecule has 3 rings (SSSR count). The summed E-state index contributed by atoms with van der Waals surface area (Å²) < 4.78 is 6.39. The zero-order valence-corrected chi connectivity index (χ0v) is 13.5. The minimum atomic E-state index is -0.942. The smallest absolute Gasteiger partial charge is 0.405 e. The molecule has 0 bridgehead atoms. The Bertz CT molecular complexity index is 970. The summed E-state index contributed by atoms with van der Waals surface area (Å²) >= 11 is 6.18. The molecule has 24 heavy (non-hydrogen) atoms. The fourth-order valence-corrected chi connectivity index (χ4v) is 2.78. The van der Waals surface area contributed by atoms with Crippen molar-refractivity contribution in [3.63, 3.8) is 0 Å². The van der Waals surface area contributed by atoms with Gasteiger partial charge < -0.3 is 10.5 Å². The lowest BCUT2D eigenvalue weighted by molar-refractivity contribution is 0.110. The Morgan fingerprint density at radius 1 is 1.21 bits per heavy atom. The number of halogens is 1. The highest BCUT2D eigenvalue weighted by Crippen LogP contribution is 2.23. The van der Waals surface area contributed by atoms with Crippen molar-refractivity contribution in [1.29, 1.82) is 0 Å². The molecular formula is C17H14ClN3O3. The molecule has 3 aromatic rings. The van der Waals surface area contributed by atoms with Crippen LogP contribution in [-0.4, -0.2) is 15.6 Å². The largest absolute Gasteiger partial charge is 0.439 e. The van der Waals surface area contributed by atoms with E-state index >= 15 is 0 Å². The maximum atomic E-state index is 13.0. The van der Waals surface area contributed by atoms with Gasteiger partial charge in [0.25, 0.3) is 5.56 Å². The molecule has 2 N–H and O–H groups in total. The zero-order valence-electron chi connectivity index (χ0n) is 12.8. The first kappa shape index (κ1) is 16.0. The number of aromatic nitrogens is 2. The fourth-order valence-electron chi connectivity index (χ4n) is 2.53. The molecule has 0 saturated heterocycles. The highest BCUT2D eigenvalue weighted by atomic mass is 35.5. The Morgan fingerprint density at radius 2 is 1.92 bits per heavy atom. The number of nitrogens with two attached hydrogens (primary N) is 1. The van der Waals surface area contributed by atoms with Crippen LogP contribution in [0.1, 0.15) is 18.9 Å². The van der Waals surface area contributed by atoms with Gasteiger partial charge in [0.2, 0.25) is 0 Å². The number of rotatable bonds is 3. The molecule has 1 aromatic heterocycles. The van der Waals surface area contributed by atoms with Crippen LogP contribution >= 0.6 is 11.6 Å². The van der Waals surface area contributed by atoms with Crippen LogP contribution in [0.3, 0.4) is 0 Å². The third-order valence-electron chi connectivity index (χ3n) is 3.54. The van der Waals surface area contributed by atoms with Crippen LogP contribution < -0.4 is 11.3 Å². The Labute approximate surface area is 142 Å². The number of para-hydroxylation sites is 1. The number of ether oxygens (including phenoxy) is 1. The van der Waals surface area contributed by atoms with E-state index < -0.39 is 12.2 Å². The minimum absolute atomic E-state index is 0.264. The molecule has 0 unspecified atom stereocenters. The molecule has 6 nitrogen and oxygen atoms in total. The van der Waals surface area contributed by atoms with E-state index in [0.29, 0.717) is 21.6 Å². The topological polar surface area (TPSA) is 87.2 Å². The predicted molar refractivity (Wildman–Crippen MR) is 91.4 cm³/mol. The van der Waals surface area contributed by atoms with Gasteiger partial charge in [-0.25, -0.2) is 9.78 Å². The van der Waals surface area contributed by atoms with Crippen LogP contribution in [0, 0.1) is 0 Å². The van der Waals surface area contributed by atoms with E-state index in [1.807, 2.05) is 6.07 Å². The van der Waals surface area contributed by atoms with Gasteiger partial charge in [-0.1, -0.05) is 35.9 Å². The average molecular weight is 344 g/mol. The summed E-state index contributed by atoms with van der Waals surface area (Å²) in [4.78, 5) is 28.6. The van der Waals surface area contributed by atoms with Gasteiger partial charge in [-0.3, -0.25) is 9.36 Å². The van der Waals surface area contributed by atoms with Crippen molar-refractivity contribution in [3.05, 3.63) is 69.7 Å². The van der Waals surface area contributed by atoms with Crippen molar-refractivity contribution in [3.8, 4) is 5.69 Å². The van der Waals surface area contributed by atoms with Crippen molar-refractivity contribution in [2.75, 3.05) is 0 Å². The number of nitrogens with zero attached hydrogens (tertiary/aromatic N) is 2. The number of primary amides is 1. The fraction of sp³-hybridized carbons (Fsp3) is 0.118. The van der Waals surface area contributed by atoms with E-state index in [0.717, 1.165) is 0 Å². The summed E-state index contributed by atoms with van der Waals surface area (Å²) in [7, 11) is 0. The molecule has 0 fully saturated rings. The van der Waals surface area contributed by atoms with Crippen molar-refractivity contribution in [1.82, 2.24) is 9.55 Å². The van der Waals surface area contributed by atoms with Gasteiger partial charge in [-0.15, -0.1) is 0 Å². The van der Waals surface area contributed by atoms with Gasteiger partial charge >= 0.3 is 6.09 Å². The number of hydrogen-bond donors (Lipinski definition) is 1. The highest BCUT2D eigenvalue weighted by molar-refractivity contribution is 6.35. The Kier molecular flexibility index (Phi) is 4.22. The number of hydrogen-bond acceptors (Lipinski definition) is 4. The molecule has 1 heterocycles. The van der Waals surface area contributed by atoms with Crippen molar-refractivity contribution in [2.24, 2.45) is 5.73 Å². The van der Waals surface area contributed by atoms with E-state index in [2.05, 4.69) is 4.98 Å². The van der Waals surface area contributed by atoms with Crippen LogP contribution in [0.25, 0.3) is 16.6 Å². The summed E-state index contributed by atoms with van der Waals surface area (Å²) in [6, 6.07) is 13.9. The van der Waals surface area contributed by atoms with Crippen LogP contribution in [0.5, 0.6) is 0 Å².